The third kappa shape index (κ3) is 3.70. The summed E-state index contributed by atoms with van der Waals surface area (Å²) < 4.78 is 0. The molecule has 0 aromatic carbocycles. The zero-order chi connectivity index (χ0) is 13.7. The molecule has 1 aromatic rings. The summed E-state index contributed by atoms with van der Waals surface area (Å²) in [7, 11) is 3.44. The first-order chi connectivity index (χ1) is 8.45. The Morgan fingerprint density at radius 3 is 2.56 bits per heavy atom. The lowest BCUT2D eigenvalue weighted by Crippen LogP contribution is -2.29. The van der Waals surface area contributed by atoms with Gasteiger partial charge in [0.2, 0.25) is 0 Å². The highest BCUT2D eigenvalue weighted by molar-refractivity contribution is 5.93. The van der Waals surface area contributed by atoms with E-state index >= 15 is 0 Å². The molecular formula is C13H22N4O. The van der Waals surface area contributed by atoms with Crippen LogP contribution in [0.3, 0.4) is 0 Å². The maximum Gasteiger partial charge on any atom is 0.254 e. The molecule has 1 heterocycles. The van der Waals surface area contributed by atoms with Crippen molar-refractivity contribution in [2.75, 3.05) is 26.0 Å². The lowest BCUT2D eigenvalue weighted by atomic mass is 10.0. The van der Waals surface area contributed by atoms with E-state index in [0.717, 1.165) is 5.82 Å². The van der Waals surface area contributed by atoms with Gasteiger partial charge in [-0.25, -0.2) is 4.98 Å². The van der Waals surface area contributed by atoms with Crippen molar-refractivity contribution in [3.05, 3.63) is 23.9 Å². The van der Waals surface area contributed by atoms with Crippen LogP contribution in [0.15, 0.2) is 18.3 Å². The second-order valence-corrected chi connectivity index (χ2v) is 4.78. The molecule has 1 rings (SSSR count). The molecule has 18 heavy (non-hydrogen) atoms. The fourth-order valence-corrected chi connectivity index (χ4v) is 1.44. The Morgan fingerprint density at radius 1 is 1.44 bits per heavy atom. The van der Waals surface area contributed by atoms with E-state index in [1.165, 1.54) is 4.90 Å². The Kier molecular flexibility index (Phi) is 5.09. The smallest absolute Gasteiger partial charge is 0.254 e. The number of aromatic nitrogens is 1. The highest BCUT2D eigenvalue weighted by Crippen LogP contribution is 2.11. The molecule has 5 heteroatoms. The average Bonchev–Trinajstić information content (AvgIpc) is 2.37. The predicted octanol–water partition coefficient (Wildman–Crippen LogP) is 1.18. The number of nitrogens with zero attached hydrogens (tertiary/aromatic N) is 2. The first-order valence-electron chi connectivity index (χ1n) is 6.10. The van der Waals surface area contributed by atoms with Crippen LogP contribution in [0.2, 0.25) is 0 Å². The molecule has 0 saturated carbocycles. The summed E-state index contributed by atoms with van der Waals surface area (Å²) in [6.45, 7) is 4.78. The van der Waals surface area contributed by atoms with Crippen molar-refractivity contribution in [1.82, 2.24) is 9.88 Å². The average molecular weight is 250 g/mol. The van der Waals surface area contributed by atoms with Crippen LogP contribution in [0.25, 0.3) is 0 Å². The minimum absolute atomic E-state index is 0.0441. The second kappa shape index (κ2) is 6.35. The van der Waals surface area contributed by atoms with E-state index in [1.807, 2.05) is 6.07 Å². The Labute approximate surface area is 108 Å². The summed E-state index contributed by atoms with van der Waals surface area (Å²) in [6.07, 6.45) is 1.59. The van der Waals surface area contributed by atoms with Crippen molar-refractivity contribution in [3.8, 4) is 0 Å². The molecule has 0 aliphatic rings. The molecule has 0 aliphatic carbocycles. The van der Waals surface area contributed by atoms with Gasteiger partial charge in [-0.2, -0.15) is 0 Å². The van der Waals surface area contributed by atoms with Gasteiger partial charge in [0.1, 0.15) is 5.82 Å². The number of nitrogens with two attached hydrogens (primary N) is 1. The van der Waals surface area contributed by atoms with Gasteiger partial charge in [0.25, 0.3) is 5.91 Å². The van der Waals surface area contributed by atoms with Crippen LogP contribution in [0.5, 0.6) is 0 Å². The SMILES string of the molecule is CC(CN)C(C)Nc1ccc(C(=O)N(C)C)cn1. The van der Waals surface area contributed by atoms with Crippen molar-refractivity contribution < 1.29 is 4.79 Å². The molecule has 0 fully saturated rings. The number of carbonyl (C=O) groups excluding carboxylic acids is 1. The maximum absolute atomic E-state index is 11.7. The fraction of sp³-hybridized carbons (Fsp3) is 0.538. The van der Waals surface area contributed by atoms with Gasteiger partial charge in [0.05, 0.1) is 5.56 Å². The van der Waals surface area contributed by atoms with Gasteiger partial charge in [-0.1, -0.05) is 6.92 Å². The number of anilines is 1. The highest BCUT2D eigenvalue weighted by Gasteiger charge is 2.12. The highest BCUT2D eigenvalue weighted by atomic mass is 16.2. The van der Waals surface area contributed by atoms with Crippen LogP contribution in [0.1, 0.15) is 24.2 Å². The standard InChI is InChI=1S/C13H22N4O/c1-9(7-14)10(2)16-12-6-5-11(8-15-12)13(18)17(3)4/h5-6,8-10H,7,14H2,1-4H3,(H,15,16). The third-order valence-corrected chi connectivity index (χ3v) is 3.02. The number of nitrogens with one attached hydrogen (secondary N) is 1. The molecule has 0 aliphatic heterocycles. The molecular weight excluding hydrogens is 228 g/mol. The zero-order valence-corrected chi connectivity index (χ0v) is 11.5. The molecule has 0 saturated heterocycles. The fourth-order valence-electron chi connectivity index (χ4n) is 1.44. The predicted molar refractivity (Wildman–Crippen MR) is 73.6 cm³/mol. The molecule has 2 atom stereocenters. The van der Waals surface area contributed by atoms with Crippen LogP contribution >= 0.6 is 0 Å². The summed E-state index contributed by atoms with van der Waals surface area (Å²) in [6, 6.07) is 3.84. The van der Waals surface area contributed by atoms with Gasteiger partial charge in [-0.3, -0.25) is 4.79 Å². The molecule has 0 spiro atoms. The van der Waals surface area contributed by atoms with E-state index < -0.39 is 0 Å². The summed E-state index contributed by atoms with van der Waals surface area (Å²) in [5.74, 6) is 1.09. The zero-order valence-electron chi connectivity index (χ0n) is 11.5. The van der Waals surface area contributed by atoms with Crippen LogP contribution in [-0.2, 0) is 0 Å². The lowest BCUT2D eigenvalue weighted by molar-refractivity contribution is 0.0827. The van der Waals surface area contributed by atoms with Gasteiger partial charge >= 0.3 is 0 Å². The topological polar surface area (TPSA) is 71.2 Å². The van der Waals surface area contributed by atoms with E-state index in [1.54, 1.807) is 26.4 Å². The van der Waals surface area contributed by atoms with Crippen molar-refractivity contribution in [2.45, 2.75) is 19.9 Å². The largest absolute Gasteiger partial charge is 0.367 e. The number of carbonyl (C=O) groups is 1. The number of pyridine rings is 1. The maximum atomic E-state index is 11.7. The van der Waals surface area contributed by atoms with Gasteiger partial charge in [0, 0.05) is 26.3 Å². The molecule has 0 bridgehead atoms. The molecule has 3 N–H and O–H groups in total. The first kappa shape index (κ1) is 14.4. The van der Waals surface area contributed by atoms with Gasteiger partial charge in [-0.15, -0.1) is 0 Å². The minimum atomic E-state index is -0.0441. The van der Waals surface area contributed by atoms with E-state index in [0.29, 0.717) is 18.0 Å². The van der Waals surface area contributed by atoms with Crippen LogP contribution in [-0.4, -0.2) is 42.5 Å². The summed E-state index contributed by atoms with van der Waals surface area (Å²) in [4.78, 5) is 17.5. The Balaban J connectivity index is 2.69. The second-order valence-electron chi connectivity index (χ2n) is 4.78. The van der Waals surface area contributed by atoms with Crippen molar-refractivity contribution in [3.63, 3.8) is 0 Å². The Hall–Kier alpha value is -1.62. The van der Waals surface area contributed by atoms with E-state index in [2.05, 4.69) is 24.1 Å². The van der Waals surface area contributed by atoms with E-state index in [-0.39, 0.29) is 11.9 Å². The first-order valence-corrected chi connectivity index (χ1v) is 6.10. The quantitative estimate of drug-likeness (QED) is 0.823. The van der Waals surface area contributed by atoms with E-state index in [4.69, 9.17) is 5.73 Å². The molecule has 2 unspecified atom stereocenters. The van der Waals surface area contributed by atoms with Crippen molar-refractivity contribution in [2.24, 2.45) is 11.7 Å². The van der Waals surface area contributed by atoms with E-state index in [9.17, 15) is 4.79 Å². The van der Waals surface area contributed by atoms with Crippen molar-refractivity contribution in [1.29, 1.82) is 0 Å². The molecule has 100 valence electrons. The summed E-state index contributed by atoms with van der Waals surface area (Å²) in [5.41, 5.74) is 6.20. The summed E-state index contributed by atoms with van der Waals surface area (Å²) >= 11 is 0. The van der Waals surface area contributed by atoms with Crippen LogP contribution in [0.4, 0.5) is 5.82 Å². The molecule has 1 amide bonds. The minimum Gasteiger partial charge on any atom is -0.367 e. The number of amides is 1. The number of rotatable bonds is 5. The summed E-state index contributed by atoms with van der Waals surface area (Å²) in [5, 5.41) is 3.27. The molecule has 5 nitrogen and oxygen atoms in total. The van der Waals surface area contributed by atoms with Crippen molar-refractivity contribution >= 4 is 11.7 Å². The lowest BCUT2D eigenvalue weighted by Gasteiger charge is -2.20. The number of hydrogen-bond donors (Lipinski definition) is 2. The van der Waals surface area contributed by atoms with Crippen LogP contribution in [0, 0.1) is 5.92 Å². The number of hydrogen-bond acceptors (Lipinski definition) is 4. The molecule has 1 aromatic heterocycles. The van der Waals surface area contributed by atoms with Crippen LogP contribution < -0.4 is 11.1 Å². The molecule has 0 radical (unpaired) electrons. The Morgan fingerprint density at radius 2 is 2.11 bits per heavy atom. The van der Waals surface area contributed by atoms with Gasteiger partial charge in [0.15, 0.2) is 0 Å². The van der Waals surface area contributed by atoms with Gasteiger partial charge < -0.3 is 16.0 Å². The third-order valence-electron chi connectivity index (χ3n) is 3.02. The Bertz CT molecular complexity index is 388. The normalized spacial score (nSPS) is 13.8. The monoisotopic (exact) mass is 250 g/mol. The van der Waals surface area contributed by atoms with Gasteiger partial charge in [-0.05, 0) is 31.5 Å².